The summed E-state index contributed by atoms with van der Waals surface area (Å²) in [5, 5.41) is 1.26. The van der Waals surface area contributed by atoms with Crippen LogP contribution in [0.1, 0.15) is 17.2 Å². The fourth-order valence-electron chi connectivity index (χ4n) is 1.55. The third kappa shape index (κ3) is 4.23. The Kier molecular flexibility index (Phi) is 5.28. The highest BCUT2D eigenvalue weighted by molar-refractivity contribution is 5.84. The number of hydrogen-bond acceptors (Lipinski definition) is 5. The molecule has 19 heavy (non-hydrogen) atoms. The number of hydrazine groups is 2. The molecule has 0 fully saturated rings. The molecule has 0 saturated carbocycles. The van der Waals surface area contributed by atoms with Gasteiger partial charge in [-0.2, -0.15) is 0 Å². The number of likely N-dealkylation sites (N-methyl/N-ethyl adjacent to an activating group) is 1. The lowest BCUT2D eigenvalue weighted by Gasteiger charge is -2.23. The van der Waals surface area contributed by atoms with E-state index < -0.39 is 18.0 Å². The number of aryl methyl sites for hydroxylation is 1. The van der Waals surface area contributed by atoms with Crippen molar-refractivity contribution in [1.29, 1.82) is 0 Å². The van der Waals surface area contributed by atoms with E-state index in [9.17, 15) is 9.59 Å². The van der Waals surface area contributed by atoms with Gasteiger partial charge in [0.2, 0.25) is 0 Å². The highest BCUT2D eigenvalue weighted by Gasteiger charge is 2.23. The zero-order valence-electron chi connectivity index (χ0n) is 11.1. The van der Waals surface area contributed by atoms with E-state index in [1.807, 2.05) is 19.1 Å². The van der Waals surface area contributed by atoms with Gasteiger partial charge in [0.15, 0.2) is 0 Å². The van der Waals surface area contributed by atoms with Crippen LogP contribution >= 0.6 is 0 Å². The molecule has 0 aliphatic carbocycles. The van der Waals surface area contributed by atoms with Crippen molar-refractivity contribution in [2.24, 2.45) is 5.84 Å². The number of amides is 2. The lowest BCUT2D eigenvalue weighted by atomic mass is 10.0. The third-order valence-corrected chi connectivity index (χ3v) is 2.52. The van der Waals surface area contributed by atoms with Crippen LogP contribution in [-0.2, 0) is 9.53 Å². The van der Waals surface area contributed by atoms with Gasteiger partial charge in [0, 0.05) is 7.05 Å². The number of benzene rings is 1. The smallest absolute Gasteiger partial charge is 0.425 e. The Labute approximate surface area is 111 Å². The molecule has 0 radical (unpaired) electrons. The second-order valence-electron chi connectivity index (χ2n) is 4.08. The van der Waals surface area contributed by atoms with Gasteiger partial charge in [0.25, 0.3) is 5.91 Å². The molecular formula is C12H18N4O3. The van der Waals surface area contributed by atoms with E-state index in [2.05, 4.69) is 15.6 Å². The molecule has 1 atom stereocenters. The van der Waals surface area contributed by atoms with Crippen LogP contribution in [0.25, 0.3) is 0 Å². The Bertz CT molecular complexity index is 445. The number of hydrogen-bond donors (Lipinski definition) is 3. The van der Waals surface area contributed by atoms with Crippen LogP contribution in [0, 0.1) is 6.92 Å². The maximum Gasteiger partial charge on any atom is 0.425 e. The number of methoxy groups -OCH3 is 1. The van der Waals surface area contributed by atoms with E-state index in [-0.39, 0.29) is 0 Å². The van der Waals surface area contributed by atoms with Crippen molar-refractivity contribution < 1.29 is 14.3 Å². The molecule has 0 heterocycles. The van der Waals surface area contributed by atoms with Gasteiger partial charge in [0.1, 0.15) is 6.04 Å². The predicted molar refractivity (Wildman–Crippen MR) is 69.6 cm³/mol. The topological polar surface area (TPSA) is 96.7 Å². The number of nitrogens with one attached hydrogen (secondary N) is 2. The first-order valence-corrected chi connectivity index (χ1v) is 5.63. The van der Waals surface area contributed by atoms with Crippen LogP contribution in [0.4, 0.5) is 4.79 Å². The Morgan fingerprint density at radius 1 is 1.26 bits per heavy atom. The van der Waals surface area contributed by atoms with Crippen LogP contribution < -0.4 is 16.7 Å². The maximum absolute atomic E-state index is 12.0. The van der Waals surface area contributed by atoms with Gasteiger partial charge in [-0.05, 0) is 12.5 Å². The van der Waals surface area contributed by atoms with Crippen LogP contribution in [-0.4, -0.2) is 31.2 Å². The molecule has 0 aromatic heterocycles. The van der Waals surface area contributed by atoms with Crippen molar-refractivity contribution in [3.8, 4) is 0 Å². The molecule has 0 bridgehead atoms. The maximum atomic E-state index is 12.0. The predicted octanol–water partition coefficient (Wildman–Crippen LogP) is 0.229. The molecule has 4 N–H and O–H groups in total. The third-order valence-electron chi connectivity index (χ3n) is 2.52. The van der Waals surface area contributed by atoms with E-state index >= 15 is 0 Å². The van der Waals surface area contributed by atoms with Crippen molar-refractivity contribution in [2.45, 2.75) is 13.0 Å². The lowest BCUT2D eigenvalue weighted by molar-refractivity contribution is -0.127. The second-order valence-corrected chi connectivity index (χ2v) is 4.08. The van der Waals surface area contributed by atoms with Crippen molar-refractivity contribution in [3.63, 3.8) is 0 Å². The van der Waals surface area contributed by atoms with Gasteiger partial charge < -0.3 is 4.74 Å². The molecule has 1 rings (SSSR count). The molecule has 7 nitrogen and oxygen atoms in total. The minimum absolute atomic E-state index is 0.459. The minimum atomic E-state index is -0.754. The SMILES string of the molecule is COC(=O)NNC(=O)C(c1ccc(C)cc1)N(C)N. The van der Waals surface area contributed by atoms with Gasteiger partial charge >= 0.3 is 6.09 Å². The van der Waals surface area contributed by atoms with E-state index in [0.29, 0.717) is 0 Å². The minimum Gasteiger partial charge on any atom is -0.452 e. The molecule has 104 valence electrons. The number of ether oxygens (including phenoxy) is 1. The monoisotopic (exact) mass is 266 g/mol. The zero-order valence-corrected chi connectivity index (χ0v) is 11.1. The van der Waals surface area contributed by atoms with Gasteiger partial charge in [-0.1, -0.05) is 29.8 Å². The van der Waals surface area contributed by atoms with Crippen LogP contribution in [0.5, 0.6) is 0 Å². The molecule has 0 aliphatic heterocycles. The van der Waals surface area contributed by atoms with E-state index in [1.54, 1.807) is 19.2 Å². The Balaban J connectivity index is 2.80. The van der Waals surface area contributed by atoms with Gasteiger partial charge in [-0.15, -0.1) is 0 Å². The highest BCUT2D eigenvalue weighted by Crippen LogP contribution is 2.17. The molecule has 7 heteroatoms. The first kappa shape index (κ1) is 14.9. The number of carbonyl (C=O) groups is 2. The summed E-state index contributed by atoms with van der Waals surface area (Å²) in [6.07, 6.45) is -0.754. The summed E-state index contributed by atoms with van der Waals surface area (Å²) in [6, 6.07) is 6.67. The molecule has 0 aliphatic rings. The Morgan fingerprint density at radius 3 is 2.32 bits per heavy atom. The average molecular weight is 266 g/mol. The zero-order chi connectivity index (χ0) is 14.4. The van der Waals surface area contributed by atoms with Crippen LogP contribution in [0.2, 0.25) is 0 Å². The quantitative estimate of drug-likeness (QED) is 0.537. The molecule has 0 saturated heterocycles. The van der Waals surface area contributed by atoms with E-state index in [0.717, 1.165) is 11.1 Å². The van der Waals surface area contributed by atoms with Crippen molar-refractivity contribution in [1.82, 2.24) is 15.9 Å². The molecular weight excluding hydrogens is 248 g/mol. The summed E-state index contributed by atoms with van der Waals surface area (Å²) in [7, 11) is 2.77. The molecule has 2 amide bonds. The fraction of sp³-hybridized carbons (Fsp3) is 0.333. The fourth-order valence-corrected chi connectivity index (χ4v) is 1.55. The van der Waals surface area contributed by atoms with Crippen molar-refractivity contribution in [2.75, 3.05) is 14.2 Å². The van der Waals surface area contributed by atoms with Gasteiger partial charge in [-0.25, -0.2) is 15.2 Å². The Morgan fingerprint density at radius 2 is 1.84 bits per heavy atom. The highest BCUT2D eigenvalue weighted by atomic mass is 16.5. The molecule has 1 unspecified atom stereocenters. The summed E-state index contributed by atoms with van der Waals surface area (Å²) in [6.45, 7) is 1.95. The second kappa shape index (κ2) is 6.72. The molecule has 1 aromatic rings. The number of rotatable bonds is 3. The van der Waals surface area contributed by atoms with Crippen molar-refractivity contribution in [3.05, 3.63) is 35.4 Å². The average Bonchev–Trinajstić information content (AvgIpc) is 2.38. The first-order chi connectivity index (χ1) is 8.95. The lowest BCUT2D eigenvalue weighted by Crippen LogP contribution is -2.48. The van der Waals surface area contributed by atoms with E-state index in [1.165, 1.54) is 12.1 Å². The van der Waals surface area contributed by atoms with Gasteiger partial charge in [0.05, 0.1) is 7.11 Å². The normalized spacial score (nSPS) is 11.8. The largest absolute Gasteiger partial charge is 0.452 e. The molecule has 1 aromatic carbocycles. The van der Waals surface area contributed by atoms with Crippen LogP contribution in [0.3, 0.4) is 0 Å². The standard InChI is InChI=1S/C12H18N4O3/c1-8-4-6-9(7-5-8)10(16(2)13)11(17)14-15-12(18)19-3/h4-7,10H,13H2,1-3H3,(H,14,17)(H,15,18). The Hall–Kier alpha value is -2.12. The molecule has 0 spiro atoms. The van der Waals surface area contributed by atoms with E-state index in [4.69, 9.17) is 5.84 Å². The van der Waals surface area contributed by atoms with Crippen LogP contribution in [0.15, 0.2) is 24.3 Å². The number of carbonyl (C=O) groups excluding carboxylic acids is 2. The number of nitrogens with two attached hydrogens (primary N) is 1. The summed E-state index contributed by atoms with van der Waals surface area (Å²) >= 11 is 0. The summed E-state index contributed by atoms with van der Waals surface area (Å²) < 4.78 is 4.35. The summed E-state index contributed by atoms with van der Waals surface area (Å²) in [4.78, 5) is 22.9. The summed E-state index contributed by atoms with van der Waals surface area (Å²) in [5.41, 5.74) is 6.15. The summed E-state index contributed by atoms with van der Waals surface area (Å²) in [5.74, 6) is 5.22. The van der Waals surface area contributed by atoms with Crippen molar-refractivity contribution >= 4 is 12.0 Å². The first-order valence-electron chi connectivity index (χ1n) is 5.63. The van der Waals surface area contributed by atoms with Gasteiger partial charge in [-0.3, -0.25) is 16.1 Å². The number of nitrogens with zero attached hydrogens (tertiary/aromatic N) is 1.